The summed E-state index contributed by atoms with van der Waals surface area (Å²) in [5.74, 6) is -0.547. The zero-order valence-electron chi connectivity index (χ0n) is 15.5. The van der Waals surface area contributed by atoms with Crippen LogP contribution in [0, 0.1) is 17.3 Å². The van der Waals surface area contributed by atoms with Crippen molar-refractivity contribution in [3.05, 3.63) is 0 Å². The first-order valence-electron chi connectivity index (χ1n) is 8.20. The van der Waals surface area contributed by atoms with Crippen LogP contribution in [0.25, 0.3) is 0 Å². The number of nitrogens with one attached hydrogen (secondary N) is 1. The van der Waals surface area contributed by atoms with Gasteiger partial charge in [-0.05, 0) is 11.8 Å². The Morgan fingerprint density at radius 2 is 1.62 bits per heavy atom. The molecule has 24 heavy (non-hydrogen) atoms. The van der Waals surface area contributed by atoms with Crippen LogP contribution < -0.4 is 5.32 Å². The van der Waals surface area contributed by atoms with Crippen molar-refractivity contribution in [3.8, 4) is 0 Å². The molecule has 0 aromatic rings. The molecule has 0 aromatic heterocycles. The Labute approximate surface area is 148 Å². The third-order valence-electron chi connectivity index (χ3n) is 4.30. The molecule has 7 heteroatoms. The summed E-state index contributed by atoms with van der Waals surface area (Å²) in [4.78, 5) is 34.9. The van der Waals surface area contributed by atoms with Gasteiger partial charge in [0.1, 0.15) is 6.61 Å². The quantitative estimate of drug-likeness (QED) is 0.776. The zero-order chi connectivity index (χ0) is 18.7. The molecule has 1 fully saturated rings. The molecule has 138 valence electrons. The first kappa shape index (κ1) is 20.8. The molecule has 1 amide bonds. The van der Waals surface area contributed by atoms with Crippen LogP contribution in [-0.2, 0) is 23.9 Å². The van der Waals surface area contributed by atoms with Crippen molar-refractivity contribution in [2.45, 2.75) is 65.2 Å². The number of hydrogen-bond donors (Lipinski definition) is 1. The Morgan fingerprint density at radius 3 is 2.08 bits per heavy atom. The topological polar surface area (TPSA) is 81.7 Å². The first-order valence-corrected chi connectivity index (χ1v) is 9.14. The summed E-state index contributed by atoms with van der Waals surface area (Å²) in [6, 6.07) is -0.283. The van der Waals surface area contributed by atoms with Crippen molar-refractivity contribution in [3.63, 3.8) is 0 Å². The highest BCUT2D eigenvalue weighted by atomic mass is 32.2. The van der Waals surface area contributed by atoms with Gasteiger partial charge in [0.15, 0.2) is 5.44 Å². The van der Waals surface area contributed by atoms with Crippen molar-refractivity contribution >= 4 is 29.6 Å². The molecule has 1 aliphatic rings. The number of ether oxygens (including phenoxy) is 2. The Hall–Kier alpha value is -1.24. The van der Waals surface area contributed by atoms with Gasteiger partial charge in [-0.1, -0.05) is 34.6 Å². The molecular formula is C17H29NO5S. The molecule has 1 N–H and O–H groups in total. The molecule has 6 nitrogen and oxygen atoms in total. The molecule has 0 bridgehead atoms. The lowest BCUT2D eigenvalue weighted by atomic mass is 9.85. The van der Waals surface area contributed by atoms with Crippen LogP contribution in [0.4, 0.5) is 0 Å². The lowest BCUT2D eigenvalue weighted by Crippen LogP contribution is -2.56. The van der Waals surface area contributed by atoms with E-state index in [9.17, 15) is 14.4 Å². The highest BCUT2D eigenvalue weighted by Crippen LogP contribution is 2.41. The van der Waals surface area contributed by atoms with E-state index in [0.29, 0.717) is 0 Å². The van der Waals surface area contributed by atoms with Crippen LogP contribution in [-0.4, -0.2) is 41.2 Å². The standard InChI is InChI=1S/C17H29NO5S/c1-9-10(2)14(18-16(21)17(5,6)7)15(23-12(4)20)24-13(9)8-22-11(3)19/h9-10,13-15H,8H2,1-7H3,(H,18,21). The number of rotatable bonds is 4. The normalized spacial score (nSPS) is 30.4. The molecule has 1 aliphatic heterocycles. The van der Waals surface area contributed by atoms with E-state index in [0.717, 1.165) is 0 Å². The predicted octanol–water partition coefficient (Wildman–Crippen LogP) is 2.36. The monoisotopic (exact) mass is 359 g/mol. The fourth-order valence-corrected chi connectivity index (χ4v) is 4.18. The average molecular weight is 359 g/mol. The summed E-state index contributed by atoms with van der Waals surface area (Å²) >= 11 is 1.44. The van der Waals surface area contributed by atoms with Gasteiger partial charge in [0.05, 0.1) is 6.04 Å². The van der Waals surface area contributed by atoms with Gasteiger partial charge in [-0.25, -0.2) is 0 Å². The second kappa shape index (κ2) is 8.23. The van der Waals surface area contributed by atoms with E-state index in [1.54, 1.807) is 0 Å². The van der Waals surface area contributed by atoms with Crippen molar-refractivity contribution in [1.29, 1.82) is 0 Å². The summed E-state index contributed by atoms with van der Waals surface area (Å²) < 4.78 is 10.6. The van der Waals surface area contributed by atoms with Crippen molar-refractivity contribution in [2.24, 2.45) is 17.3 Å². The molecular weight excluding hydrogens is 330 g/mol. The minimum Gasteiger partial charge on any atom is -0.465 e. The maximum atomic E-state index is 12.4. The van der Waals surface area contributed by atoms with Crippen LogP contribution in [0.5, 0.6) is 0 Å². The van der Waals surface area contributed by atoms with Gasteiger partial charge in [0, 0.05) is 24.5 Å². The van der Waals surface area contributed by atoms with Crippen LogP contribution >= 0.6 is 11.8 Å². The number of esters is 2. The molecule has 5 unspecified atom stereocenters. The minimum absolute atomic E-state index is 0.0102. The average Bonchev–Trinajstić information content (AvgIpc) is 2.43. The first-order chi connectivity index (χ1) is 10.9. The number of amides is 1. The van der Waals surface area contributed by atoms with Crippen molar-refractivity contribution in [1.82, 2.24) is 5.32 Å². The number of carbonyl (C=O) groups is 3. The molecule has 0 saturated carbocycles. The summed E-state index contributed by atoms with van der Waals surface area (Å²) in [5, 5.41) is 3.05. The number of hydrogen-bond acceptors (Lipinski definition) is 6. The maximum absolute atomic E-state index is 12.4. The van der Waals surface area contributed by atoms with E-state index in [-0.39, 0.29) is 41.6 Å². The number of thioether (sulfide) groups is 1. The molecule has 0 aliphatic carbocycles. The van der Waals surface area contributed by atoms with Gasteiger partial charge in [0.25, 0.3) is 0 Å². The fourth-order valence-electron chi connectivity index (χ4n) is 2.52. The van der Waals surface area contributed by atoms with E-state index >= 15 is 0 Å². The smallest absolute Gasteiger partial charge is 0.303 e. The van der Waals surface area contributed by atoms with Gasteiger partial charge < -0.3 is 14.8 Å². The molecule has 5 atom stereocenters. The molecule has 1 rings (SSSR count). The SMILES string of the molecule is CC(=O)OCC1SC(OC(C)=O)C(NC(=O)C(C)(C)C)C(C)C1C. The van der Waals surface area contributed by atoms with Crippen LogP contribution in [0.1, 0.15) is 48.5 Å². The molecule has 1 saturated heterocycles. The van der Waals surface area contributed by atoms with Gasteiger partial charge in [-0.3, -0.25) is 14.4 Å². The Morgan fingerprint density at radius 1 is 1.04 bits per heavy atom. The minimum atomic E-state index is -0.525. The van der Waals surface area contributed by atoms with Gasteiger partial charge in [-0.15, -0.1) is 11.8 Å². The summed E-state index contributed by atoms with van der Waals surface area (Å²) in [7, 11) is 0. The van der Waals surface area contributed by atoms with Crippen molar-refractivity contribution in [2.75, 3.05) is 6.61 Å². The second-order valence-electron chi connectivity index (χ2n) is 7.42. The third-order valence-corrected chi connectivity index (χ3v) is 5.87. The summed E-state index contributed by atoms with van der Waals surface area (Å²) in [6.07, 6.45) is 0. The Kier molecular flexibility index (Phi) is 7.13. The van der Waals surface area contributed by atoms with Crippen LogP contribution in [0.15, 0.2) is 0 Å². The van der Waals surface area contributed by atoms with Gasteiger partial charge in [0.2, 0.25) is 5.91 Å². The molecule has 0 radical (unpaired) electrons. The van der Waals surface area contributed by atoms with E-state index in [4.69, 9.17) is 9.47 Å². The highest BCUT2D eigenvalue weighted by Gasteiger charge is 2.44. The Balaban J connectivity index is 2.93. The fraction of sp³-hybridized carbons (Fsp3) is 0.824. The summed E-state index contributed by atoms with van der Waals surface area (Å²) in [6.45, 7) is 12.6. The predicted molar refractivity (Wildman–Crippen MR) is 93.3 cm³/mol. The number of carbonyl (C=O) groups excluding carboxylic acids is 3. The highest BCUT2D eigenvalue weighted by molar-refractivity contribution is 8.00. The summed E-state index contributed by atoms with van der Waals surface area (Å²) in [5.41, 5.74) is -1.02. The Bertz CT molecular complexity index is 488. The largest absolute Gasteiger partial charge is 0.465 e. The third kappa shape index (κ3) is 5.69. The molecule has 0 spiro atoms. The van der Waals surface area contributed by atoms with E-state index < -0.39 is 16.8 Å². The van der Waals surface area contributed by atoms with E-state index in [2.05, 4.69) is 12.2 Å². The van der Waals surface area contributed by atoms with E-state index in [1.807, 2.05) is 27.7 Å². The second-order valence-corrected chi connectivity index (χ2v) is 8.76. The van der Waals surface area contributed by atoms with Gasteiger partial charge >= 0.3 is 11.9 Å². The lowest BCUT2D eigenvalue weighted by Gasteiger charge is -2.44. The maximum Gasteiger partial charge on any atom is 0.303 e. The van der Waals surface area contributed by atoms with Crippen LogP contribution in [0.2, 0.25) is 0 Å². The van der Waals surface area contributed by atoms with Gasteiger partial charge in [-0.2, -0.15) is 0 Å². The molecule has 0 aromatic carbocycles. The van der Waals surface area contributed by atoms with Crippen LogP contribution in [0.3, 0.4) is 0 Å². The van der Waals surface area contributed by atoms with E-state index in [1.165, 1.54) is 25.6 Å². The lowest BCUT2D eigenvalue weighted by molar-refractivity contribution is -0.147. The molecule has 1 heterocycles. The zero-order valence-corrected chi connectivity index (χ0v) is 16.4. The van der Waals surface area contributed by atoms with Crippen molar-refractivity contribution < 1.29 is 23.9 Å².